The second-order valence-electron chi connectivity index (χ2n) is 10.2. The fraction of sp³-hybridized carbons (Fsp3) is 0.727. The molecule has 0 amide bonds. The maximum atomic E-state index is 12.2. The van der Waals surface area contributed by atoms with Gasteiger partial charge in [0.25, 0.3) is 0 Å². The Kier molecular flexibility index (Phi) is 4.33. The Morgan fingerprint density at radius 3 is 2.34 bits per heavy atom. The molecule has 0 aliphatic heterocycles. The van der Waals surface area contributed by atoms with E-state index in [0.717, 1.165) is 5.57 Å². The summed E-state index contributed by atoms with van der Waals surface area (Å²) in [6.07, 6.45) is 5.70. The summed E-state index contributed by atoms with van der Waals surface area (Å²) in [7, 11) is 0. The Morgan fingerprint density at radius 1 is 1.14 bits per heavy atom. The number of fused-ring (bicyclic) bond motifs is 5. The molecule has 4 aliphatic carbocycles. The van der Waals surface area contributed by atoms with Gasteiger partial charge in [-0.2, -0.15) is 0 Å². The normalized spacial score (nSPS) is 56.3. The van der Waals surface area contributed by atoms with Crippen molar-refractivity contribution in [3.05, 3.63) is 23.8 Å². The number of rotatable bonds is 1. The van der Waals surface area contributed by atoms with Crippen molar-refractivity contribution in [3.63, 3.8) is 0 Å². The highest BCUT2D eigenvalue weighted by Gasteiger charge is 2.79. The molecule has 0 aromatic carbocycles. The smallest absolute Gasteiger partial charge is 0.336 e. The fourth-order valence-corrected chi connectivity index (χ4v) is 8.56. The number of alkyl halides is 2. The molecule has 7 heteroatoms. The molecule has 3 fully saturated rings. The zero-order chi connectivity index (χ0) is 21.8. The number of hydrogen-bond donors (Lipinski definition) is 3. The zero-order valence-corrected chi connectivity index (χ0v) is 18.6. The summed E-state index contributed by atoms with van der Waals surface area (Å²) in [6.45, 7) is 7.38. The quantitative estimate of drug-likeness (QED) is 0.540. The largest absolute Gasteiger partial charge is 0.479 e. The number of carbonyl (C=O) groups is 2. The van der Waals surface area contributed by atoms with Crippen LogP contribution in [0.3, 0.4) is 0 Å². The van der Waals surface area contributed by atoms with E-state index in [4.69, 9.17) is 23.2 Å². The second-order valence-corrected chi connectivity index (χ2v) is 11.4. The van der Waals surface area contributed by atoms with Gasteiger partial charge in [-0.25, -0.2) is 4.79 Å². The van der Waals surface area contributed by atoms with E-state index in [9.17, 15) is 24.9 Å². The van der Waals surface area contributed by atoms with Gasteiger partial charge < -0.3 is 15.3 Å². The SMILES string of the molecule is C[C@@H]1C[C@H]2[C@@H]3C[C@H](C)C4=CC(=O)C=C[C@]4(C)[C@@]3(Cl)[C@@](O)(Cl)C[C@]2(C)[C@@]1(O)C(=O)O. The van der Waals surface area contributed by atoms with Crippen molar-refractivity contribution in [2.75, 3.05) is 0 Å². The molecule has 3 saturated carbocycles. The van der Waals surface area contributed by atoms with E-state index in [1.807, 2.05) is 13.8 Å². The molecule has 3 N–H and O–H groups in total. The third kappa shape index (κ3) is 2.20. The number of allylic oxidation sites excluding steroid dienone is 4. The minimum atomic E-state index is -2.00. The molecule has 29 heavy (non-hydrogen) atoms. The van der Waals surface area contributed by atoms with E-state index >= 15 is 0 Å². The van der Waals surface area contributed by atoms with E-state index in [0.29, 0.717) is 12.8 Å². The van der Waals surface area contributed by atoms with Crippen LogP contribution in [0.5, 0.6) is 0 Å². The first-order valence-electron chi connectivity index (χ1n) is 10.2. The lowest BCUT2D eigenvalue weighted by atomic mass is 9.44. The van der Waals surface area contributed by atoms with Gasteiger partial charge in [-0.3, -0.25) is 4.79 Å². The van der Waals surface area contributed by atoms with E-state index in [-0.39, 0.29) is 30.0 Å². The van der Waals surface area contributed by atoms with E-state index in [2.05, 4.69) is 0 Å². The lowest BCUT2D eigenvalue weighted by Gasteiger charge is -2.67. The van der Waals surface area contributed by atoms with Gasteiger partial charge in [-0.1, -0.05) is 50.9 Å². The lowest BCUT2D eigenvalue weighted by Crippen LogP contribution is -2.73. The van der Waals surface area contributed by atoms with E-state index in [1.165, 1.54) is 6.08 Å². The molecule has 0 radical (unpaired) electrons. The molecule has 0 aromatic heterocycles. The zero-order valence-electron chi connectivity index (χ0n) is 17.1. The van der Waals surface area contributed by atoms with Crippen LogP contribution in [0, 0.1) is 34.5 Å². The van der Waals surface area contributed by atoms with Crippen molar-refractivity contribution in [1.82, 2.24) is 0 Å². The van der Waals surface area contributed by atoms with Crippen molar-refractivity contribution in [3.8, 4) is 0 Å². The minimum absolute atomic E-state index is 0.00872. The lowest BCUT2D eigenvalue weighted by molar-refractivity contribution is -0.200. The van der Waals surface area contributed by atoms with Gasteiger partial charge in [0.2, 0.25) is 0 Å². The van der Waals surface area contributed by atoms with Gasteiger partial charge in [0.1, 0.15) is 4.87 Å². The molecule has 160 valence electrons. The van der Waals surface area contributed by atoms with Crippen LogP contribution in [0.4, 0.5) is 0 Å². The molecule has 0 unspecified atom stereocenters. The van der Waals surface area contributed by atoms with E-state index < -0.39 is 38.3 Å². The highest BCUT2D eigenvalue weighted by Crippen LogP contribution is 2.75. The van der Waals surface area contributed by atoms with Crippen molar-refractivity contribution in [2.24, 2.45) is 34.5 Å². The Bertz CT molecular complexity index is 865. The second kappa shape index (κ2) is 5.87. The summed E-state index contributed by atoms with van der Waals surface area (Å²) < 4.78 is 0. The maximum Gasteiger partial charge on any atom is 0.336 e. The number of halogens is 2. The van der Waals surface area contributed by atoms with Crippen molar-refractivity contribution < 1.29 is 24.9 Å². The molecule has 0 heterocycles. The fourth-order valence-electron chi connectivity index (χ4n) is 7.46. The molecular weight excluding hydrogens is 415 g/mol. The average Bonchev–Trinajstić information content (AvgIpc) is 2.80. The first kappa shape index (κ1) is 21.4. The number of carbonyl (C=O) groups excluding carboxylic acids is 1. The molecular formula is C22H28Cl2O5. The molecule has 0 aromatic rings. The van der Waals surface area contributed by atoms with Crippen LogP contribution < -0.4 is 0 Å². The van der Waals surface area contributed by atoms with Crippen LogP contribution in [-0.2, 0) is 9.59 Å². The summed E-state index contributed by atoms with van der Waals surface area (Å²) in [4.78, 5) is 22.9. The minimum Gasteiger partial charge on any atom is -0.479 e. The highest BCUT2D eigenvalue weighted by molar-refractivity contribution is 6.35. The van der Waals surface area contributed by atoms with Gasteiger partial charge in [-0.05, 0) is 48.7 Å². The summed E-state index contributed by atoms with van der Waals surface area (Å²) in [5, 5.41) is 30.8. The molecule has 4 rings (SSSR count). The topological polar surface area (TPSA) is 94.8 Å². The summed E-state index contributed by atoms with van der Waals surface area (Å²) in [5.41, 5.74) is -3.16. The molecule has 0 saturated heterocycles. The molecule has 5 nitrogen and oxygen atoms in total. The van der Waals surface area contributed by atoms with Gasteiger partial charge in [-0.15, -0.1) is 11.6 Å². The number of carboxylic acid groups (broad SMARTS) is 1. The Morgan fingerprint density at radius 2 is 1.76 bits per heavy atom. The molecule has 0 bridgehead atoms. The predicted molar refractivity (Wildman–Crippen MR) is 110 cm³/mol. The average molecular weight is 443 g/mol. The third-order valence-electron chi connectivity index (χ3n) is 8.86. The number of hydrogen-bond acceptors (Lipinski definition) is 4. The van der Waals surface area contributed by atoms with Crippen molar-refractivity contribution in [2.45, 2.75) is 62.5 Å². The number of aliphatic hydroxyl groups is 2. The number of carboxylic acids is 1. The van der Waals surface area contributed by atoms with Gasteiger partial charge in [0.05, 0.1) is 0 Å². The van der Waals surface area contributed by atoms with Crippen LogP contribution in [0.15, 0.2) is 23.8 Å². The predicted octanol–water partition coefficient (Wildman–Crippen LogP) is 3.50. The van der Waals surface area contributed by atoms with Crippen molar-refractivity contribution in [1.29, 1.82) is 0 Å². The summed E-state index contributed by atoms with van der Waals surface area (Å²) in [5.74, 6) is -2.47. The highest BCUT2D eigenvalue weighted by atomic mass is 35.5. The first-order valence-corrected chi connectivity index (χ1v) is 10.9. The standard InChI is InChI=1S/C22H28Cl2O5/c1-11-7-16-15-8-12(2)21(29,17(26)27)19(15,4)10-20(23,28)22(16,24)18(3)6-5-13(25)9-14(11)18/h5-6,9,11-12,15-16,28-29H,7-8,10H2,1-4H3,(H,26,27)/t11-,12+,15-,16-,18-,19-,20+,21-,22+/m0/s1. The Balaban J connectivity index is 1.94. The molecule has 9 atom stereocenters. The van der Waals surface area contributed by atoms with Gasteiger partial charge in [0.15, 0.2) is 16.4 Å². The molecule has 4 aliphatic rings. The van der Waals surface area contributed by atoms with E-state index in [1.54, 1.807) is 26.0 Å². The van der Waals surface area contributed by atoms with Crippen LogP contribution in [0.25, 0.3) is 0 Å². The number of ketones is 1. The van der Waals surface area contributed by atoms with Gasteiger partial charge in [0, 0.05) is 17.3 Å². The third-order valence-corrected chi connectivity index (χ3v) is 10.4. The van der Waals surface area contributed by atoms with Gasteiger partial charge >= 0.3 is 5.97 Å². The monoisotopic (exact) mass is 442 g/mol. The molecule has 0 spiro atoms. The van der Waals surface area contributed by atoms with Crippen LogP contribution in [0.1, 0.15) is 47.0 Å². The first-order chi connectivity index (χ1) is 13.2. The van der Waals surface area contributed by atoms with Crippen LogP contribution in [0.2, 0.25) is 0 Å². The van der Waals surface area contributed by atoms with Crippen molar-refractivity contribution >= 4 is 35.0 Å². The van der Waals surface area contributed by atoms with Crippen LogP contribution in [-0.4, -0.2) is 42.6 Å². The number of aliphatic carboxylic acids is 1. The maximum absolute atomic E-state index is 12.2. The summed E-state index contributed by atoms with van der Waals surface area (Å²) in [6, 6.07) is 0. The Labute approximate surface area is 180 Å². The summed E-state index contributed by atoms with van der Waals surface area (Å²) >= 11 is 14.1. The van der Waals surface area contributed by atoms with Crippen LogP contribution >= 0.6 is 23.2 Å². The Hall–Kier alpha value is -0.880.